The highest BCUT2D eigenvalue weighted by atomic mass is 32.2. The molecule has 0 atom stereocenters. The quantitative estimate of drug-likeness (QED) is 0.703. The summed E-state index contributed by atoms with van der Waals surface area (Å²) in [6.07, 6.45) is 0. The standard InChI is InChI=1S/C20H26N2O5S/c1-13(2)22-28(24,25)16-8-9-18(26-5)17(11-16)21-20(23)12-27-19-10-14(3)6-7-15(19)4/h6-11,13,22H,12H2,1-5H3,(H,21,23). The van der Waals surface area contributed by atoms with Gasteiger partial charge in [0.25, 0.3) is 5.91 Å². The molecule has 0 aliphatic heterocycles. The lowest BCUT2D eigenvalue weighted by molar-refractivity contribution is -0.118. The van der Waals surface area contributed by atoms with Gasteiger partial charge in [0.1, 0.15) is 11.5 Å². The Morgan fingerprint density at radius 2 is 1.79 bits per heavy atom. The van der Waals surface area contributed by atoms with Crippen molar-refractivity contribution in [2.45, 2.75) is 38.6 Å². The average Bonchev–Trinajstić information content (AvgIpc) is 2.61. The molecule has 2 aromatic carbocycles. The first-order chi connectivity index (χ1) is 13.1. The van der Waals surface area contributed by atoms with Crippen LogP contribution < -0.4 is 19.5 Å². The third-order valence-electron chi connectivity index (χ3n) is 3.85. The Hall–Kier alpha value is -2.58. The van der Waals surface area contributed by atoms with Crippen LogP contribution in [0.4, 0.5) is 5.69 Å². The Kier molecular flexibility index (Phi) is 7.04. The second-order valence-electron chi connectivity index (χ2n) is 6.74. The van der Waals surface area contributed by atoms with E-state index in [9.17, 15) is 13.2 Å². The molecule has 8 heteroatoms. The topological polar surface area (TPSA) is 93.7 Å². The molecule has 7 nitrogen and oxygen atoms in total. The van der Waals surface area contributed by atoms with Gasteiger partial charge in [0.15, 0.2) is 6.61 Å². The summed E-state index contributed by atoms with van der Waals surface area (Å²) in [6.45, 7) is 7.08. The second-order valence-corrected chi connectivity index (χ2v) is 8.46. The fourth-order valence-electron chi connectivity index (χ4n) is 2.52. The predicted octanol–water partition coefficient (Wildman–Crippen LogP) is 3.02. The van der Waals surface area contributed by atoms with Crippen molar-refractivity contribution in [2.24, 2.45) is 0 Å². The number of methoxy groups -OCH3 is 1. The lowest BCUT2D eigenvalue weighted by atomic mass is 10.1. The number of carbonyl (C=O) groups excluding carboxylic acids is 1. The number of anilines is 1. The van der Waals surface area contributed by atoms with Gasteiger partial charge in [-0.25, -0.2) is 13.1 Å². The minimum Gasteiger partial charge on any atom is -0.495 e. The van der Waals surface area contributed by atoms with E-state index in [0.717, 1.165) is 11.1 Å². The molecule has 0 unspecified atom stereocenters. The van der Waals surface area contributed by atoms with E-state index in [2.05, 4.69) is 10.0 Å². The lowest BCUT2D eigenvalue weighted by Crippen LogP contribution is -2.30. The summed E-state index contributed by atoms with van der Waals surface area (Å²) >= 11 is 0. The number of benzene rings is 2. The summed E-state index contributed by atoms with van der Waals surface area (Å²) in [6, 6.07) is 9.76. The third-order valence-corrected chi connectivity index (χ3v) is 5.50. The second kappa shape index (κ2) is 9.07. The Morgan fingerprint density at radius 1 is 1.07 bits per heavy atom. The van der Waals surface area contributed by atoms with Crippen molar-refractivity contribution < 1.29 is 22.7 Å². The highest BCUT2D eigenvalue weighted by Crippen LogP contribution is 2.28. The first-order valence-electron chi connectivity index (χ1n) is 8.82. The summed E-state index contributed by atoms with van der Waals surface area (Å²) in [5, 5.41) is 2.65. The first-order valence-corrected chi connectivity index (χ1v) is 10.3. The SMILES string of the molecule is COc1ccc(S(=O)(=O)NC(C)C)cc1NC(=O)COc1cc(C)ccc1C. The molecule has 0 spiro atoms. The van der Waals surface area contributed by atoms with Gasteiger partial charge in [-0.15, -0.1) is 0 Å². The van der Waals surface area contributed by atoms with Crippen molar-refractivity contribution in [1.29, 1.82) is 0 Å². The van der Waals surface area contributed by atoms with Gasteiger partial charge < -0.3 is 14.8 Å². The maximum absolute atomic E-state index is 12.4. The van der Waals surface area contributed by atoms with E-state index in [1.807, 2.05) is 32.0 Å². The van der Waals surface area contributed by atoms with Crippen molar-refractivity contribution in [3.05, 3.63) is 47.5 Å². The van der Waals surface area contributed by atoms with E-state index < -0.39 is 15.9 Å². The fraction of sp³-hybridized carbons (Fsp3) is 0.350. The van der Waals surface area contributed by atoms with Crippen molar-refractivity contribution in [1.82, 2.24) is 4.72 Å². The summed E-state index contributed by atoms with van der Waals surface area (Å²) in [5.41, 5.74) is 2.20. The number of aryl methyl sites for hydroxylation is 2. The van der Waals surface area contributed by atoms with Gasteiger partial charge in [-0.2, -0.15) is 0 Å². The number of hydrogen-bond acceptors (Lipinski definition) is 5. The number of amides is 1. The molecule has 0 fully saturated rings. The van der Waals surface area contributed by atoms with Crippen LogP contribution in [0.1, 0.15) is 25.0 Å². The molecule has 1 amide bonds. The molecule has 2 N–H and O–H groups in total. The summed E-state index contributed by atoms with van der Waals surface area (Å²) in [4.78, 5) is 12.4. The van der Waals surface area contributed by atoms with Gasteiger partial charge in [-0.1, -0.05) is 12.1 Å². The molecule has 2 aromatic rings. The number of ether oxygens (including phenoxy) is 2. The van der Waals surface area contributed by atoms with Crippen LogP contribution >= 0.6 is 0 Å². The van der Waals surface area contributed by atoms with Crippen LogP contribution in [0.3, 0.4) is 0 Å². The molecule has 0 radical (unpaired) electrons. The zero-order valence-electron chi connectivity index (χ0n) is 16.7. The van der Waals surface area contributed by atoms with Crippen LogP contribution in [0.25, 0.3) is 0 Å². The minimum absolute atomic E-state index is 0.0350. The zero-order valence-corrected chi connectivity index (χ0v) is 17.5. The molecular formula is C20H26N2O5S. The van der Waals surface area contributed by atoms with Gasteiger partial charge in [-0.05, 0) is 63.1 Å². The molecule has 0 aromatic heterocycles. The number of carbonyl (C=O) groups is 1. The van der Waals surface area contributed by atoms with Gasteiger partial charge in [0, 0.05) is 6.04 Å². The van der Waals surface area contributed by atoms with E-state index in [-0.39, 0.29) is 23.2 Å². The Morgan fingerprint density at radius 3 is 2.43 bits per heavy atom. The van der Waals surface area contributed by atoms with Crippen LogP contribution in [0, 0.1) is 13.8 Å². The normalized spacial score (nSPS) is 11.4. The molecule has 0 heterocycles. The fourth-order valence-corrected chi connectivity index (χ4v) is 3.80. The summed E-state index contributed by atoms with van der Waals surface area (Å²) in [5.74, 6) is 0.550. The Labute approximate surface area is 166 Å². The van der Waals surface area contributed by atoms with Crippen LogP contribution in [0.2, 0.25) is 0 Å². The van der Waals surface area contributed by atoms with Gasteiger partial charge >= 0.3 is 0 Å². The molecule has 0 bridgehead atoms. The molecule has 0 saturated heterocycles. The van der Waals surface area contributed by atoms with Gasteiger partial charge in [0.05, 0.1) is 17.7 Å². The molecule has 2 rings (SSSR count). The first kappa shape index (κ1) is 21.7. The average molecular weight is 407 g/mol. The van der Waals surface area contributed by atoms with Crippen molar-refractivity contribution in [3.8, 4) is 11.5 Å². The predicted molar refractivity (Wildman–Crippen MR) is 108 cm³/mol. The highest BCUT2D eigenvalue weighted by molar-refractivity contribution is 7.89. The van der Waals surface area contributed by atoms with Gasteiger partial charge in [0.2, 0.25) is 10.0 Å². The molecule has 0 aliphatic carbocycles. The van der Waals surface area contributed by atoms with Crippen LogP contribution in [-0.4, -0.2) is 34.1 Å². The summed E-state index contributed by atoms with van der Waals surface area (Å²) in [7, 11) is -2.25. The van der Waals surface area contributed by atoms with E-state index in [1.165, 1.54) is 25.3 Å². The number of rotatable bonds is 8. The molecule has 28 heavy (non-hydrogen) atoms. The van der Waals surface area contributed by atoms with E-state index >= 15 is 0 Å². The van der Waals surface area contributed by atoms with E-state index in [4.69, 9.17) is 9.47 Å². The summed E-state index contributed by atoms with van der Waals surface area (Å²) < 4.78 is 38.1. The maximum atomic E-state index is 12.4. The lowest BCUT2D eigenvalue weighted by Gasteiger charge is -2.15. The van der Waals surface area contributed by atoms with Gasteiger partial charge in [-0.3, -0.25) is 4.79 Å². The van der Waals surface area contributed by atoms with Crippen molar-refractivity contribution in [3.63, 3.8) is 0 Å². The Balaban J connectivity index is 2.16. The number of hydrogen-bond donors (Lipinski definition) is 2. The van der Waals surface area contributed by atoms with E-state index in [0.29, 0.717) is 11.5 Å². The monoisotopic (exact) mass is 406 g/mol. The molecule has 152 valence electrons. The van der Waals surface area contributed by atoms with Crippen LogP contribution in [0.15, 0.2) is 41.3 Å². The molecular weight excluding hydrogens is 380 g/mol. The molecule has 0 saturated carbocycles. The van der Waals surface area contributed by atoms with Crippen LogP contribution in [0.5, 0.6) is 11.5 Å². The molecule has 0 aliphatic rings. The maximum Gasteiger partial charge on any atom is 0.262 e. The number of sulfonamides is 1. The van der Waals surface area contributed by atoms with Crippen molar-refractivity contribution in [2.75, 3.05) is 19.0 Å². The largest absolute Gasteiger partial charge is 0.495 e. The highest BCUT2D eigenvalue weighted by Gasteiger charge is 2.18. The van der Waals surface area contributed by atoms with Crippen LogP contribution in [-0.2, 0) is 14.8 Å². The Bertz CT molecular complexity index is 955. The van der Waals surface area contributed by atoms with Crippen molar-refractivity contribution >= 4 is 21.6 Å². The smallest absolute Gasteiger partial charge is 0.262 e. The van der Waals surface area contributed by atoms with E-state index in [1.54, 1.807) is 13.8 Å². The number of nitrogens with one attached hydrogen (secondary N) is 2. The zero-order chi connectivity index (χ0) is 20.9. The third kappa shape index (κ3) is 5.71. The minimum atomic E-state index is -3.70.